The second kappa shape index (κ2) is 5.98. The fraction of sp³-hybridized carbons (Fsp3) is 0.500. The van der Waals surface area contributed by atoms with Crippen LogP contribution in [0.25, 0.3) is 0 Å². The Morgan fingerprint density at radius 1 is 1.39 bits per heavy atom. The van der Waals surface area contributed by atoms with Crippen LogP contribution in [-0.4, -0.2) is 35.4 Å². The van der Waals surface area contributed by atoms with Gasteiger partial charge < -0.3 is 15.5 Å². The van der Waals surface area contributed by atoms with Gasteiger partial charge >= 0.3 is 5.97 Å². The maximum atomic E-state index is 11.0. The van der Waals surface area contributed by atoms with Gasteiger partial charge in [-0.05, 0) is 30.9 Å². The monoisotopic (exact) mass is 249 g/mol. The molecule has 2 rings (SSSR count). The van der Waals surface area contributed by atoms with Gasteiger partial charge in [0, 0.05) is 5.92 Å². The van der Waals surface area contributed by atoms with E-state index in [9.17, 15) is 9.90 Å². The van der Waals surface area contributed by atoms with Crippen LogP contribution in [0.5, 0.6) is 0 Å². The normalized spacial score (nSPS) is 25.6. The molecule has 1 heterocycles. The average Bonchev–Trinajstić information content (AvgIpc) is 2.41. The molecule has 0 aromatic heterocycles. The SMILES string of the molecule is O=C(O)[C@H]1C[C@@H]([C@@H](CO)c2ccccc2)CCN1. The van der Waals surface area contributed by atoms with Gasteiger partial charge in [0.1, 0.15) is 6.04 Å². The van der Waals surface area contributed by atoms with Crippen molar-refractivity contribution in [2.75, 3.05) is 13.2 Å². The minimum Gasteiger partial charge on any atom is -0.480 e. The Morgan fingerprint density at radius 3 is 2.72 bits per heavy atom. The molecule has 1 aromatic carbocycles. The number of carbonyl (C=O) groups is 1. The van der Waals surface area contributed by atoms with Crippen molar-refractivity contribution in [3.05, 3.63) is 35.9 Å². The van der Waals surface area contributed by atoms with Gasteiger partial charge in [-0.1, -0.05) is 30.3 Å². The second-order valence-corrected chi connectivity index (χ2v) is 4.83. The Morgan fingerprint density at radius 2 is 2.11 bits per heavy atom. The zero-order chi connectivity index (χ0) is 13.0. The lowest BCUT2D eigenvalue weighted by atomic mass is 9.78. The van der Waals surface area contributed by atoms with Gasteiger partial charge in [-0.3, -0.25) is 4.79 Å². The number of benzene rings is 1. The van der Waals surface area contributed by atoms with E-state index in [0.29, 0.717) is 13.0 Å². The summed E-state index contributed by atoms with van der Waals surface area (Å²) in [5, 5.41) is 21.6. The van der Waals surface area contributed by atoms with Gasteiger partial charge in [0.05, 0.1) is 6.61 Å². The molecule has 0 saturated carbocycles. The molecule has 1 aromatic rings. The van der Waals surface area contributed by atoms with Crippen molar-refractivity contribution in [2.24, 2.45) is 5.92 Å². The second-order valence-electron chi connectivity index (χ2n) is 4.83. The molecule has 1 aliphatic heterocycles. The van der Waals surface area contributed by atoms with Crippen molar-refractivity contribution in [3.8, 4) is 0 Å². The predicted molar refractivity (Wildman–Crippen MR) is 68.4 cm³/mol. The van der Waals surface area contributed by atoms with Crippen molar-refractivity contribution in [2.45, 2.75) is 24.8 Å². The first kappa shape index (κ1) is 13.1. The van der Waals surface area contributed by atoms with E-state index in [0.717, 1.165) is 12.0 Å². The predicted octanol–water partition coefficient (Wildman–Crippen LogP) is 1.22. The number of aliphatic carboxylic acids is 1. The molecule has 3 atom stereocenters. The van der Waals surface area contributed by atoms with Gasteiger partial charge in [0.2, 0.25) is 0 Å². The van der Waals surface area contributed by atoms with Crippen LogP contribution in [0.1, 0.15) is 24.3 Å². The number of piperidine rings is 1. The Kier molecular flexibility index (Phi) is 4.33. The van der Waals surface area contributed by atoms with E-state index >= 15 is 0 Å². The molecule has 4 heteroatoms. The fourth-order valence-corrected chi connectivity index (χ4v) is 2.73. The highest BCUT2D eigenvalue weighted by molar-refractivity contribution is 5.73. The van der Waals surface area contributed by atoms with Crippen molar-refractivity contribution in [1.29, 1.82) is 0 Å². The first-order chi connectivity index (χ1) is 8.72. The lowest BCUT2D eigenvalue weighted by molar-refractivity contribution is -0.140. The molecule has 3 N–H and O–H groups in total. The largest absolute Gasteiger partial charge is 0.480 e. The smallest absolute Gasteiger partial charge is 0.320 e. The Labute approximate surface area is 107 Å². The van der Waals surface area contributed by atoms with Crippen LogP contribution in [0, 0.1) is 5.92 Å². The lowest BCUT2D eigenvalue weighted by Gasteiger charge is -2.33. The minimum absolute atomic E-state index is 0.0372. The molecule has 1 fully saturated rings. The molecule has 1 saturated heterocycles. The summed E-state index contributed by atoms with van der Waals surface area (Å²) in [7, 11) is 0. The van der Waals surface area contributed by atoms with Crippen LogP contribution in [0.15, 0.2) is 30.3 Å². The standard InChI is InChI=1S/C14H19NO3/c16-9-12(10-4-2-1-3-5-10)11-6-7-15-13(8-11)14(17)18/h1-5,11-13,15-16H,6-9H2,(H,17,18)/t11-,12-,13+/m0/s1. The third-order valence-corrected chi connectivity index (χ3v) is 3.74. The first-order valence-corrected chi connectivity index (χ1v) is 6.34. The molecule has 0 unspecified atom stereocenters. The van der Waals surface area contributed by atoms with Crippen molar-refractivity contribution >= 4 is 5.97 Å². The van der Waals surface area contributed by atoms with Crippen LogP contribution >= 0.6 is 0 Å². The van der Waals surface area contributed by atoms with Crippen molar-refractivity contribution < 1.29 is 15.0 Å². The summed E-state index contributed by atoms with van der Waals surface area (Å²) in [4.78, 5) is 11.0. The zero-order valence-electron chi connectivity index (χ0n) is 10.2. The number of carboxylic acids is 1. The maximum Gasteiger partial charge on any atom is 0.320 e. The van der Waals surface area contributed by atoms with Gasteiger partial charge in [0.15, 0.2) is 0 Å². The maximum absolute atomic E-state index is 11.0. The molecule has 18 heavy (non-hydrogen) atoms. The summed E-state index contributed by atoms with van der Waals surface area (Å²) < 4.78 is 0. The van der Waals surface area contributed by atoms with Gasteiger partial charge in [-0.25, -0.2) is 0 Å². The summed E-state index contributed by atoms with van der Waals surface area (Å²) in [6.07, 6.45) is 1.49. The number of carboxylic acid groups (broad SMARTS) is 1. The average molecular weight is 249 g/mol. The zero-order valence-corrected chi connectivity index (χ0v) is 10.2. The van der Waals surface area contributed by atoms with Crippen LogP contribution in [-0.2, 0) is 4.79 Å². The topological polar surface area (TPSA) is 69.6 Å². The number of aliphatic hydroxyl groups is 1. The fourth-order valence-electron chi connectivity index (χ4n) is 2.73. The highest BCUT2D eigenvalue weighted by Crippen LogP contribution is 2.32. The Hall–Kier alpha value is -1.39. The molecule has 0 spiro atoms. The molecule has 0 amide bonds. The molecule has 0 bridgehead atoms. The van der Waals surface area contributed by atoms with E-state index in [1.807, 2.05) is 30.3 Å². The van der Waals surface area contributed by atoms with E-state index in [1.54, 1.807) is 0 Å². The molecular weight excluding hydrogens is 230 g/mol. The van der Waals surface area contributed by atoms with E-state index in [-0.39, 0.29) is 18.4 Å². The molecule has 1 aliphatic rings. The Bertz CT molecular complexity index is 393. The third-order valence-electron chi connectivity index (χ3n) is 3.74. The van der Waals surface area contributed by atoms with Crippen LogP contribution in [0.2, 0.25) is 0 Å². The lowest BCUT2D eigenvalue weighted by Crippen LogP contribution is -2.45. The van der Waals surface area contributed by atoms with E-state index < -0.39 is 12.0 Å². The number of rotatable bonds is 4. The Balaban J connectivity index is 2.11. The van der Waals surface area contributed by atoms with Crippen molar-refractivity contribution in [3.63, 3.8) is 0 Å². The highest BCUT2D eigenvalue weighted by atomic mass is 16.4. The quantitative estimate of drug-likeness (QED) is 0.750. The van der Waals surface area contributed by atoms with E-state index in [1.165, 1.54) is 0 Å². The molecule has 98 valence electrons. The highest BCUT2D eigenvalue weighted by Gasteiger charge is 2.31. The summed E-state index contributed by atoms with van der Waals surface area (Å²) in [5.41, 5.74) is 1.09. The number of aliphatic hydroxyl groups excluding tert-OH is 1. The van der Waals surface area contributed by atoms with Gasteiger partial charge in [-0.2, -0.15) is 0 Å². The first-order valence-electron chi connectivity index (χ1n) is 6.34. The van der Waals surface area contributed by atoms with E-state index in [2.05, 4.69) is 5.32 Å². The number of nitrogens with one attached hydrogen (secondary N) is 1. The third kappa shape index (κ3) is 2.89. The molecule has 4 nitrogen and oxygen atoms in total. The van der Waals surface area contributed by atoms with Gasteiger partial charge in [0.25, 0.3) is 0 Å². The minimum atomic E-state index is -0.801. The summed E-state index contributed by atoms with van der Waals surface area (Å²) in [6, 6.07) is 9.36. The van der Waals surface area contributed by atoms with Crippen LogP contribution in [0.3, 0.4) is 0 Å². The number of hydrogen-bond donors (Lipinski definition) is 3. The molecular formula is C14H19NO3. The van der Waals surface area contributed by atoms with E-state index in [4.69, 9.17) is 5.11 Å². The number of hydrogen-bond acceptors (Lipinski definition) is 3. The van der Waals surface area contributed by atoms with Gasteiger partial charge in [-0.15, -0.1) is 0 Å². The molecule has 0 radical (unpaired) electrons. The van der Waals surface area contributed by atoms with Crippen LogP contribution in [0.4, 0.5) is 0 Å². The van der Waals surface area contributed by atoms with Crippen LogP contribution < -0.4 is 5.32 Å². The molecule has 0 aliphatic carbocycles. The van der Waals surface area contributed by atoms with Crippen molar-refractivity contribution in [1.82, 2.24) is 5.32 Å². The summed E-state index contributed by atoms with van der Waals surface area (Å²) in [5.74, 6) is -0.542. The summed E-state index contributed by atoms with van der Waals surface area (Å²) >= 11 is 0. The summed E-state index contributed by atoms with van der Waals surface area (Å²) in [6.45, 7) is 0.770.